The van der Waals surface area contributed by atoms with Crippen molar-refractivity contribution in [3.63, 3.8) is 0 Å². The summed E-state index contributed by atoms with van der Waals surface area (Å²) >= 11 is 0.877. The van der Waals surface area contributed by atoms with E-state index in [4.69, 9.17) is 0 Å². The quantitative estimate of drug-likeness (QED) is 0.137. The second-order valence-electron chi connectivity index (χ2n) is 10.7. The SMILES string of the molecule is CCC(C)Nc1ccc(N=Nc2ccc(N=Nc3ccc(N=Nc4nc(S(=O)(=O)CC)ns4)cc3)c3ccccc23)c2ccccc12. The molecule has 1 aromatic heterocycles. The molecule has 1 heterocycles. The zero-order chi connectivity index (χ0) is 32.8. The van der Waals surface area contributed by atoms with E-state index >= 15 is 0 Å². The van der Waals surface area contributed by atoms with Crippen LogP contribution in [0.1, 0.15) is 27.2 Å². The van der Waals surface area contributed by atoms with Crippen molar-refractivity contribution < 1.29 is 8.42 Å². The fraction of sp³-hybridized carbons (Fsp3) is 0.176. The lowest BCUT2D eigenvalue weighted by Gasteiger charge is -2.15. The van der Waals surface area contributed by atoms with Crippen LogP contribution in [-0.4, -0.2) is 29.6 Å². The molecule has 0 amide bonds. The number of azo groups is 3. The predicted octanol–water partition coefficient (Wildman–Crippen LogP) is 11.1. The molecule has 11 nitrogen and oxygen atoms in total. The van der Waals surface area contributed by atoms with Gasteiger partial charge in [-0.1, -0.05) is 62.4 Å². The van der Waals surface area contributed by atoms with Crippen LogP contribution >= 0.6 is 11.5 Å². The molecule has 0 spiro atoms. The van der Waals surface area contributed by atoms with Crippen molar-refractivity contribution in [1.82, 2.24) is 9.36 Å². The molecule has 1 atom stereocenters. The maximum absolute atomic E-state index is 11.9. The first-order valence-corrected chi connectivity index (χ1v) is 17.5. The van der Waals surface area contributed by atoms with E-state index in [0.717, 1.165) is 56.6 Å². The number of rotatable bonds is 11. The molecular weight excluding hydrogens is 631 g/mol. The number of aromatic nitrogens is 2. The summed E-state index contributed by atoms with van der Waals surface area (Å²) in [5.74, 6) is -0.0783. The summed E-state index contributed by atoms with van der Waals surface area (Å²) in [6.45, 7) is 5.88. The highest BCUT2D eigenvalue weighted by molar-refractivity contribution is 7.91. The minimum Gasteiger partial charge on any atom is -0.382 e. The Labute approximate surface area is 276 Å². The molecule has 0 bridgehead atoms. The third-order valence-electron chi connectivity index (χ3n) is 7.49. The minimum atomic E-state index is -3.49. The molecule has 13 heteroatoms. The lowest BCUT2D eigenvalue weighted by atomic mass is 10.1. The Balaban J connectivity index is 1.20. The molecule has 0 radical (unpaired) electrons. The Kier molecular flexibility index (Phi) is 9.45. The van der Waals surface area contributed by atoms with Gasteiger partial charge in [0, 0.05) is 44.8 Å². The number of hydrogen-bond donors (Lipinski definition) is 1. The number of benzene rings is 5. The van der Waals surface area contributed by atoms with Crippen molar-refractivity contribution in [3.05, 3.63) is 97.1 Å². The van der Waals surface area contributed by atoms with E-state index in [1.54, 1.807) is 24.3 Å². The zero-order valence-electron chi connectivity index (χ0n) is 25.9. The van der Waals surface area contributed by atoms with Gasteiger partial charge in [-0.15, -0.1) is 25.6 Å². The first kappa shape index (κ1) is 31.7. The molecule has 0 aliphatic heterocycles. The molecule has 5 aromatic carbocycles. The van der Waals surface area contributed by atoms with E-state index in [1.165, 1.54) is 6.92 Å². The van der Waals surface area contributed by atoms with Crippen LogP contribution < -0.4 is 5.32 Å². The van der Waals surface area contributed by atoms with E-state index in [2.05, 4.69) is 77.4 Å². The van der Waals surface area contributed by atoms with Crippen LogP contribution in [0, 0.1) is 0 Å². The van der Waals surface area contributed by atoms with E-state index in [9.17, 15) is 8.42 Å². The van der Waals surface area contributed by atoms with E-state index in [1.807, 2.05) is 54.6 Å². The van der Waals surface area contributed by atoms with Gasteiger partial charge in [0.05, 0.1) is 34.2 Å². The number of hydrogen-bond acceptors (Lipinski definition) is 12. The monoisotopic (exact) mass is 661 g/mol. The standard InChI is InChI=1S/C34H31N9O2S2/c1-4-22(3)35-29-18-19-31(26-11-7-6-10-25(26)29)40-41-32-21-20-30(27-12-8-9-13-28(27)32)39-37-23-14-16-24(17-15-23)38-42-33-36-34(43-46-33)47(44,45)5-2/h6-22,35H,4-5H2,1-3H3. The topological polar surface area (TPSA) is 146 Å². The number of fused-ring (bicyclic) bond motifs is 2. The molecule has 6 rings (SSSR count). The van der Waals surface area contributed by atoms with Crippen molar-refractivity contribution in [2.45, 2.75) is 38.4 Å². The average Bonchev–Trinajstić information content (AvgIpc) is 3.60. The fourth-order valence-electron chi connectivity index (χ4n) is 4.71. The van der Waals surface area contributed by atoms with Crippen LogP contribution in [0.2, 0.25) is 0 Å². The Morgan fingerprint density at radius 2 is 1.15 bits per heavy atom. The first-order valence-electron chi connectivity index (χ1n) is 15.1. The minimum absolute atomic E-state index is 0.0783. The number of nitrogens with zero attached hydrogens (tertiary/aromatic N) is 8. The van der Waals surface area contributed by atoms with Crippen LogP contribution in [0.3, 0.4) is 0 Å². The van der Waals surface area contributed by atoms with Gasteiger partial charge < -0.3 is 5.32 Å². The first-order chi connectivity index (χ1) is 22.8. The normalized spacial score (nSPS) is 13.0. The molecule has 0 aliphatic rings. The summed E-state index contributed by atoms with van der Waals surface area (Å²) < 4.78 is 27.7. The van der Waals surface area contributed by atoms with Crippen LogP contribution in [0.15, 0.2) is 133 Å². The van der Waals surface area contributed by atoms with Crippen LogP contribution in [0.25, 0.3) is 21.5 Å². The van der Waals surface area contributed by atoms with Gasteiger partial charge in [-0.25, -0.2) is 8.42 Å². The second kappa shape index (κ2) is 14.0. The van der Waals surface area contributed by atoms with Crippen molar-refractivity contribution in [2.75, 3.05) is 11.1 Å². The highest BCUT2D eigenvalue weighted by atomic mass is 32.2. The molecule has 6 aromatic rings. The summed E-state index contributed by atoms with van der Waals surface area (Å²) in [6, 6.07) is 31.3. The van der Waals surface area contributed by atoms with Gasteiger partial charge in [0.25, 0.3) is 5.16 Å². The number of anilines is 1. The van der Waals surface area contributed by atoms with Crippen LogP contribution in [0.5, 0.6) is 0 Å². The van der Waals surface area contributed by atoms with Gasteiger partial charge in [-0.05, 0) is 61.9 Å². The zero-order valence-corrected chi connectivity index (χ0v) is 27.6. The molecule has 0 saturated carbocycles. The fourth-order valence-corrected chi connectivity index (χ4v) is 6.22. The maximum Gasteiger partial charge on any atom is 0.260 e. The van der Waals surface area contributed by atoms with E-state index in [0.29, 0.717) is 23.1 Å². The molecule has 1 unspecified atom stereocenters. The number of sulfone groups is 1. The highest BCUT2D eigenvalue weighted by Gasteiger charge is 2.18. The summed E-state index contributed by atoms with van der Waals surface area (Å²) in [7, 11) is -3.49. The molecular formula is C34H31N9O2S2. The third-order valence-corrected chi connectivity index (χ3v) is 9.70. The highest BCUT2D eigenvalue weighted by Crippen LogP contribution is 2.37. The summed E-state index contributed by atoms with van der Waals surface area (Å²) in [4.78, 5) is 3.94. The summed E-state index contributed by atoms with van der Waals surface area (Å²) in [5.41, 5.74) is 4.49. The Bertz CT molecular complexity index is 2250. The van der Waals surface area contributed by atoms with E-state index < -0.39 is 9.84 Å². The third kappa shape index (κ3) is 7.26. The van der Waals surface area contributed by atoms with E-state index in [-0.39, 0.29) is 16.0 Å². The van der Waals surface area contributed by atoms with Gasteiger partial charge in [-0.2, -0.15) is 14.5 Å². The lowest BCUT2D eigenvalue weighted by Crippen LogP contribution is -2.13. The van der Waals surface area contributed by atoms with Crippen molar-refractivity contribution in [2.24, 2.45) is 30.7 Å². The van der Waals surface area contributed by atoms with Gasteiger partial charge in [-0.3, -0.25) is 0 Å². The Morgan fingerprint density at radius 1 is 0.660 bits per heavy atom. The Morgan fingerprint density at radius 3 is 1.70 bits per heavy atom. The maximum atomic E-state index is 11.9. The lowest BCUT2D eigenvalue weighted by molar-refractivity contribution is 0.590. The van der Waals surface area contributed by atoms with Gasteiger partial charge >= 0.3 is 0 Å². The van der Waals surface area contributed by atoms with Gasteiger partial charge in [0.2, 0.25) is 15.0 Å². The summed E-state index contributed by atoms with van der Waals surface area (Å²) in [5, 5.41) is 33.9. The molecule has 0 aliphatic carbocycles. The van der Waals surface area contributed by atoms with Crippen molar-refractivity contribution >= 4 is 82.2 Å². The van der Waals surface area contributed by atoms with Gasteiger partial charge in [0.15, 0.2) is 0 Å². The molecule has 0 saturated heterocycles. The van der Waals surface area contributed by atoms with Crippen LogP contribution in [-0.2, 0) is 9.84 Å². The van der Waals surface area contributed by atoms with Crippen molar-refractivity contribution in [1.29, 1.82) is 0 Å². The Hall–Kier alpha value is -5.27. The molecule has 1 N–H and O–H groups in total. The number of nitrogens with one attached hydrogen (secondary N) is 1. The average molecular weight is 662 g/mol. The molecule has 236 valence electrons. The summed E-state index contributed by atoms with van der Waals surface area (Å²) in [6.07, 6.45) is 1.03. The smallest absolute Gasteiger partial charge is 0.260 e. The predicted molar refractivity (Wildman–Crippen MR) is 188 cm³/mol. The molecule has 47 heavy (non-hydrogen) atoms. The second-order valence-corrected chi connectivity index (χ2v) is 13.6. The van der Waals surface area contributed by atoms with Gasteiger partial charge in [0.1, 0.15) is 0 Å². The molecule has 0 fully saturated rings. The van der Waals surface area contributed by atoms with Crippen LogP contribution in [0.4, 0.5) is 39.3 Å². The largest absolute Gasteiger partial charge is 0.382 e. The van der Waals surface area contributed by atoms with Crippen molar-refractivity contribution in [3.8, 4) is 0 Å².